The zero-order chi connectivity index (χ0) is 21.5. The second-order valence-electron chi connectivity index (χ2n) is 8.29. The molecule has 1 atom stereocenters. The maximum atomic E-state index is 12.7. The average molecular weight is 428 g/mol. The summed E-state index contributed by atoms with van der Waals surface area (Å²) in [4.78, 5) is 27.0. The number of urea groups is 1. The molecule has 1 aliphatic rings. The number of likely N-dealkylation sites (tertiary alicyclic amines) is 1. The quantitative estimate of drug-likeness (QED) is 0.636. The Hall–Kier alpha value is -2.53. The van der Waals surface area contributed by atoms with E-state index < -0.39 is 0 Å². The number of benzene rings is 2. The third-order valence-corrected chi connectivity index (χ3v) is 5.68. The first kappa shape index (κ1) is 22.2. The van der Waals surface area contributed by atoms with Crippen LogP contribution in [0.25, 0.3) is 0 Å². The number of nitrogens with zero attached hydrogens (tertiary/aromatic N) is 1. The Morgan fingerprint density at radius 2 is 1.93 bits per heavy atom. The summed E-state index contributed by atoms with van der Waals surface area (Å²) < 4.78 is 0. The Balaban J connectivity index is 1.61. The van der Waals surface area contributed by atoms with Gasteiger partial charge in [0.25, 0.3) is 5.91 Å². The zero-order valence-corrected chi connectivity index (χ0v) is 18.4. The van der Waals surface area contributed by atoms with Gasteiger partial charge >= 0.3 is 6.03 Å². The van der Waals surface area contributed by atoms with E-state index in [1.807, 2.05) is 23.1 Å². The molecule has 1 heterocycles. The Bertz CT molecular complexity index is 867. The lowest BCUT2D eigenvalue weighted by molar-refractivity contribution is 0.0951. The van der Waals surface area contributed by atoms with Gasteiger partial charge in [0.05, 0.1) is 0 Å². The molecule has 0 aliphatic carbocycles. The van der Waals surface area contributed by atoms with Crippen LogP contribution in [0.5, 0.6) is 0 Å². The van der Waals surface area contributed by atoms with Crippen molar-refractivity contribution in [3.63, 3.8) is 0 Å². The van der Waals surface area contributed by atoms with Gasteiger partial charge in [-0.15, -0.1) is 0 Å². The molecule has 5 nitrogen and oxygen atoms in total. The molecule has 160 valence electrons. The molecule has 2 N–H and O–H groups in total. The van der Waals surface area contributed by atoms with E-state index in [1.54, 1.807) is 24.3 Å². The summed E-state index contributed by atoms with van der Waals surface area (Å²) in [6, 6.07) is 14.8. The van der Waals surface area contributed by atoms with Crippen molar-refractivity contribution in [2.75, 3.05) is 25.0 Å². The van der Waals surface area contributed by atoms with Crippen molar-refractivity contribution < 1.29 is 9.59 Å². The number of piperidine rings is 1. The minimum absolute atomic E-state index is 0.0364. The molecule has 2 aromatic carbocycles. The van der Waals surface area contributed by atoms with Crippen LogP contribution in [0.3, 0.4) is 0 Å². The van der Waals surface area contributed by atoms with Gasteiger partial charge in [-0.05, 0) is 67.1 Å². The Morgan fingerprint density at radius 3 is 2.67 bits per heavy atom. The highest BCUT2D eigenvalue weighted by molar-refractivity contribution is 6.30. The summed E-state index contributed by atoms with van der Waals surface area (Å²) in [5.41, 5.74) is 2.51. The minimum Gasteiger partial charge on any atom is -0.352 e. The molecule has 0 radical (unpaired) electrons. The van der Waals surface area contributed by atoms with Crippen LogP contribution in [0.1, 0.15) is 54.9 Å². The highest BCUT2D eigenvalue weighted by atomic mass is 35.5. The van der Waals surface area contributed by atoms with Gasteiger partial charge in [0, 0.05) is 41.8 Å². The molecule has 0 spiro atoms. The summed E-state index contributed by atoms with van der Waals surface area (Å²) in [6.07, 6.45) is 2.90. The van der Waals surface area contributed by atoms with E-state index in [9.17, 15) is 9.59 Å². The fraction of sp³-hybridized carbons (Fsp3) is 0.417. The largest absolute Gasteiger partial charge is 0.352 e. The summed E-state index contributed by atoms with van der Waals surface area (Å²) in [7, 11) is 0. The minimum atomic E-state index is -0.107. The van der Waals surface area contributed by atoms with Crippen LogP contribution < -0.4 is 10.6 Å². The van der Waals surface area contributed by atoms with E-state index in [0.717, 1.165) is 37.1 Å². The number of nitrogens with one attached hydrogen (secondary N) is 2. The highest BCUT2D eigenvalue weighted by Gasteiger charge is 2.25. The van der Waals surface area contributed by atoms with Crippen LogP contribution >= 0.6 is 11.6 Å². The van der Waals surface area contributed by atoms with E-state index >= 15 is 0 Å². The summed E-state index contributed by atoms with van der Waals surface area (Å²) >= 11 is 5.91. The van der Waals surface area contributed by atoms with Crippen molar-refractivity contribution in [3.8, 4) is 0 Å². The third kappa shape index (κ3) is 6.23. The fourth-order valence-electron chi connectivity index (χ4n) is 3.68. The normalized spacial score (nSPS) is 16.4. The van der Waals surface area contributed by atoms with Crippen LogP contribution in [-0.2, 0) is 0 Å². The maximum Gasteiger partial charge on any atom is 0.321 e. The Labute approximate surface area is 183 Å². The lowest BCUT2D eigenvalue weighted by atomic mass is 9.89. The Morgan fingerprint density at radius 1 is 1.17 bits per heavy atom. The van der Waals surface area contributed by atoms with E-state index in [2.05, 4.69) is 30.5 Å². The lowest BCUT2D eigenvalue weighted by Crippen LogP contribution is -2.41. The molecular weight excluding hydrogens is 398 g/mol. The molecular formula is C24H30ClN3O2. The molecule has 0 aromatic heterocycles. The third-order valence-electron chi connectivity index (χ3n) is 5.43. The van der Waals surface area contributed by atoms with E-state index in [1.165, 1.54) is 0 Å². The van der Waals surface area contributed by atoms with Crippen molar-refractivity contribution in [1.82, 2.24) is 10.2 Å². The van der Waals surface area contributed by atoms with Crippen molar-refractivity contribution in [1.29, 1.82) is 0 Å². The number of hydrogen-bond donors (Lipinski definition) is 2. The van der Waals surface area contributed by atoms with Gasteiger partial charge in [0.15, 0.2) is 0 Å². The molecule has 30 heavy (non-hydrogen) atoms. The van der Waals surface area contributed by atoms with Crippen molar-refractivity contribution in [2.45, 2.75) is 39.0 Å². The number of amides is 3. The standard InChI is InChI=1S/C24H30ClN3O2/c1-17(2)12-13-26-23(29)19-6-3-5-18(15-19)20-7-4-14-28(16-20)24(30)27-22-10-8-21(25)9-11-22/h3,5-6,8-11,15,17,20H,4,7,12-14,16H2,1-2H3,(H,26,29)(H,27,30). The van der Waals surface area contributed by atoms with Crippen molar-refractivity contribution >= 4 is 29.2 Å². The summed E-state index contributed by atoms with van der Waals surface area (Å²) in [5.74, 6) is 0.743. The number of hydrogen-bond acceptors (Lipinski definition) is 2. The molecule has 1 saturated heterocycles. The number of anilines is 1. The number of halogens is 1. The van der Waals surface area contributed by atoms with Gasteiger partial charge < -0.3 is 15.5 Å². The first-order valence-corrected chi connectivity index (χ1v) is 11.0. The van der Waals surface area contributed by atoms with Gasteiger partial charge in [0.2, 0.25) is 0 Å². The average Bonchev–Trinajstić information content (AvgIpc) is 2.75. The zero-order valence-electron chi connectivity index (χ0n) is 17.7. The first-order valence-electron chi connectivity index (χ1n) is 10.6. The van der Waals surface area contributed by atoms with Crippen LogP contribution in [0, 0.1) is 5.92 Å². The topological polar surface area (TPSA) is 61.4 Å². The maximum absolute atomic E-state index is 12.7. The lowest BCUT2D eigenvalue weighted by Gasteiger charge is -2.33. The second kappa shape index (κ2) is 10.5. The van der Waals surface area contributed by atoms with Gasteiger partial charge in [0.1, 0.15) is 0 Å². The second-order valence-corrected chi connectivity index (χ2v) is 8.72. The monoisotopic (exact) mass is 427 g/mol. The molecule has 1 unspecified atom stereocenters. The molecule has 1 fully saturated rings. The van der Waals surface area contributed by atoms with Crippen molar-refractivity contribution in [2.24, 2.45) is 5.92 Å². The molecule has 1 aliphatic heterocycles. The van der Waals surface area contributed by atoms with E-state index in [-0.39, 0.29) is 17.9 Å². The van der Waals surface area contributed by atoms with Gasteiger partial charge in [-0.2, -0.15) is 0 Å². The SMILES string of the molecule is CC(C)CCNC(=O)c1cccc(C2CCCN(C(=O)Nc3ccc(Cl)cc3)C2)c1. The van der Waals surface area contributed by atoms with Crippen molar-refractivity contribution in [3.05, 3.63) is 64.7 Å². The molecule has 0 saturated carbocycles. The van der Waals surface area contributed by atoms with E-state index in [0.29, 0.717) is 29.6 Å². The predicted octanol–water partition coefficient (Wildman–Crippen LogP) is 5.53. The molecule has 6 heteroatoms. The van der Waals surface area contributed by atoms with Gasteiger partial charge in [-0.3, -0.25) is 4.79 Å². The fourth-order valence-corrected chi connectivity index (χ4v) is 3.81. The Kier molecular flexibility index (Phi) is 7.75. The number of rotatable bonds is 6. The van der Waals surface area contributed by atoms with Crippen LogP contribution in [-0.4, -0.2) is 36.5 Å². The summed E-state index contributed by atoms with van der Waals surface area (Å²) in [6.45, 7) is 6.33. The van der Waals surface area contributed by atoms with Crippen LogP contribution in [0.2, 0.25) is 5.02 Å². The number of carbonyl (C=O) groups is 2. The smallest absolute Gasteiger partial charge is 0.321 e. The molecule has 3 amide bonds. The summed E-state index contributed by atoms with van der Waals surface area (Å²) in [5, 5.41) is 6.57. The highest BCUT2D eigenvalue weighted by Crippen LogP contribution is 2.28. The molecule has 0 bridgehead atoms. The molecule has 2 aromatic rings. The number of carbonyl (C=O) groups excluding carboxylic acids is 2. The van der Waals surface area contributed by atoms with Gasteiger partial charge in [-0.1, -0.05) is 37.6 Å². The van der Waals surface area contributed by atoms with E-state index in [4.69, 9.17) is 11.6 Å². The van der Waals surface area contributed by atoms with Crippen LogP contribution in [0.15, 0.2) is 48.5 Å². The van der Waals surface area contributed by atoms with Crippen LogP contribution in [0.4, 0.5) is 10.5 Å². The first-order chi connectivity index (χ1) is 14.4. The predicted molar refractivity (Wildman–Crippen MR) is 122 cm³/mol. The molecule has 3 rings (SSSR count). The van der Waals surface area contributed by atoms with Gasteiger partial charge in [-0.25, -0.2) is 4.79 Å².